The molecule has 1 aromatic heterocycles. The first-order chi connectivity index (χ1) is 11.6. The van der Waals surface area contributed by atoms with Gasteiger partial charge >= 0.3 is 0 Å². The van der Waals surface area contributed by atoms with E-state index in [9.17, 15) is 9.18 Å². The van der Waals surface area contributed by atoms with Crippen LogP contribution in [0.5, 0.6) is 0 Å². The summed E-state index contributed by atoms with van der Waals surface area (Å²) in [6.07, 6.45) is 2.14. The van der Waals surface area contributed by atoms with Crippen LogP contribution in [0.3, 0.4) is 0 Å². The molecular weight excluding hydrogens is 303 g/mol. The summed E-state index contributed by atoms with van der Waals surface area (Å²) in [6.45, 7) is 1.96. The molecule has 0 bridgehead atoms. The number of amides is 1. The van der Waals surface area contributed by atoms with Gasteiger partial charge in [-0.15, -0.1) is 0 Å². The summed E-state index contributed by atoms with van der Waals surface area (Å²) >= 11 is 0. The highest BCUT2D eigenvalue weighted by Crippen LogP contribution is 2.15. The zero-order chi connectivity index (χ0) is 16.9. The third-order valence-electron chi connectivity index (χ3n) is 3.96. The number of hydrogen-bond acceptors (Lipinski definition) is 1. The van der Waals surface area contributed by atoms with Crippen LogP contribution in [-0.4, -0.2) is 10.5 Å². The van der Waals surface area contributed by atoms with Gasteiger partial charge in [0.1, 0.15) is 5.82 Å². The lowest BCUT2D eigenvalue weighted by atomic mass is 10.1. The minimum Gasteiger partial charge on any atom is -0.349 e. The van der Waals surface area contributed by atoms with Crippen LogP contribution in [-0.2, 0) is 11.2 Å². The van der Waals surface area contributed by atoms with E-state index in [4.69, 9.17) is 0 Å². The summed E-state index contributed by atoms with van der Waals surface area (Å²) in [4.78, 5) is 12.3. The molecule has 0 unspecified atom stereocenters. The Bertz CT molecular complexity index is 809. The van der Waals surface area contributed by atoms with Crippen LogP contribution in [0.2, 0.25) is 0 Å². The zero-order valence-corrected chi connectivity index (χ0v) is 13.4. The van der Waals surface area contributed by atoms with Crippen LogP contribution in [0.15, 0.2) is 72.9 Å². The van der Waals surface area contributed by atoms with Crippen LogP contribution in [0.4, 0.5) is 4.39 Å². The molecule has 1 atom stereocenters. The van der Waals surface area contributed by atoms with E-state index in [0.29, 0.717) is 0 Å². The summed E-state index contributed by atoms with van der Waals surface area (Å²) < 4.78 is 15.0. The maximum Gasteiger partial charge on any atom is 0.226 e. The normalized spacial score (nSPS) is 11.9. The monoisotopic (exact) mass is 322 g/mol. The van der Waals surface area contributed by atoms with Crippen LogP contribution >= 0.6 is 0 Å². The van der Waals surface area contributed by atoms with Crippen molar-refractivity contribution in [1.29, 1.82) is 0 Å². The number of halogens is 1. The largest absolute Gasteiger partial charge is 0.349 e. The Kier molecular flexibility index (Phi) is 4.75. The highest BCUT2D eigenvalue weighted by atomic mass is 19.1. The Hall–Kier alpha value is -2.88. The summed E-state index contributed by atoms with van der Waals surface area (Å²) in [5.41, 5.74) is 2.76. The standard InChI is InChI=1S/C20H19FN2O/c1-15(16-6-3-2-4-7-16)22-20(24)14-19-8-5-13-23(19)18-11-9-17(21)10-12-18/h2-13,15H,14H2,1H3,(H,22,24)/t15-/m1/s1. The number of hydrogen-bond donors (Lipinski definition) is 1. The minimum absolute atomic E-state index is 0.0478. The van der Waals surface area contributed by atoms with Gasteiger partial charge in [0, 0.05) is 17.6 Å². The van der Waals surface area contributed by atoms with Gasteiger partial charge in [-0.05, 0) is 48.9 Å². The third-order valence-corrected chi connectivity index (χ3v) is 3.96. The Balaban J connectivity index is 1.69. The fourth-order valence-electron chi connectivity index (χ4n) is 2.70. The van der Waals surface area contributed by atoms with Gasteiger partial charge in [-0.1, -0.05) is 30.3 Å². The molecule has 0 fully saturated rings. The summed E-state index contributed by atoms with van der Waals surface area (Å²) in [7, 11) is 0. The summed E-state index contributed by atoms with van der Waals surface area (Å²) in [5.74, 6) is -0.324. The van der Waals surface area contributed by atoms with Crippen molar-refractivity contribution in [2.24, 2.45) is 0 Å². The van der Waals surface area contributed by atoms with Gasteiger partial charge in [0.15, 0.2) is 0 Å². The molecule has 4 heteroatoms. The van der Waals surface area contributed by atoms with Gasteiger partial charge in [-0.3, -0.25) is 4.79 Å². The SMILES string of the molecule is C[C@@H](NC(=O)Cc1cccn1-c1ccc(F)cc1)c1ccccc1. The van der Waals surface area contributed by atoms with Crippen molar-refractivity contribution < 1.29 is 9.18 Å². The van der Waals surface area contributed by atoms with Gasteiger partial charge in [0.05, 0.1) is 12.5 Å². The first kappa shape index (κ1) is 16.0. The summed E-state index contributed by atoms with van der Waals surface area (Å²) in [6, 6.07) is 19.8. The van der Waals surface area contributed by atoms with E-state index in [0.717, 1.165) is 16.9 Å². The van der Waals surface area contributed by atoms with Crippen LogP contribution in [0, 0.1) is 5.82 Å². The molecule has 0 radical (unpaired) electrons. The van der Waals surface area contributed by atoms with Crippen molar-refractivity contribution in [3.05, 3.63) is 90.0 Å². The van der Waals surface area contributed by atoms with E-state index in [1.54, 1.807) is 12.1 Å². The predicted octanol–water partition coefficient (Wildman–Crippen LogP) is 4.04. The van der Waals surface area contributed by atoms with E-state index in [1.807, 2.05) is 60.2 Å². The second-order valence-electron chi connectivity index (χ2n) is 5.72. The number of carbonyl (C=O) groups excluding carboxylic acids is 1. The molecule has 0 aliphatic carbocycles. The average Bonchev–Trinajstić information content (AvgIpc) is 3.04. The number of nitrogens with one attached hydrogen (secondary N) is 1. The molecule has 122 valence electrons. The summed E-state index contributed by atoms with van der Waals surface area (Å²) in [5, 5.41) is 3.01. The molecule has 1 N–H and O–H groups in total. The molecule has 0 saturated carbocycles. The molecule has 1 amide bonds. The van der Waals surface area contributed by atoms with E-state index in [-0.39, 0.29) is 24.2 Å². The maximum atomic E-state index is 13.1. The molecule has 24 heavy (non-hydrogen) atoms. The van der Waals surface area contributed by atoms with Gasteiger partial charge < -0.3 is 9.88 Å². The van der Waals surface area contributed by atoms with E-state index in [2.05, 4.69) is 5.32 Å². The molecule has 2 aromatic carbocycles. The number of carbonyl (C=O) groups is 1. The highest BCUT2D eigenvalue weighted by Gasteiger charge is 2.12. The van der Waals surface area contributed by atoms with Crippen molar-refractivity contribution in [2.45, 2.75) is 19.4 Å². The molecule has 0 aliphatic heterocycles. The molecule has 0 saturated heterocycles. The van der Waals surface area contributed by atoms with Crippen molar-refractivity contribution >= 4 is 5.91 Å². The molecule has 1 heterocycles. The van der Waals surface area contributed by atoms with Crippen molar-refractivity contribution in [1.82, 2.24) is 9.88 Å². The Morgan fingerprint density at radius 3 is 2.46 bits per heavy atom. The first-order valence-corrected chi connectivity index (χ1v) is 7.90. The molecule has 3 aromatic rings. The molecule has 0 spiro atoms. The van der Waals surface area contributed by atoms with Gasteiger partial charge in [-0.2, -0.15) is 0 Å². The molecular formula is C20H19FN2O. The second kappa shape index (κ2) is 7.13. The van der Waals surface area contributed by atoms with Crippen molar-refractivity contribution in [2.75, 3.05) is 0 Å². The van der Waals surface area contributed by atoms with Crippen LogP contribution < -0.4 is 5.32 Å². The zero-order valence-electron chi connectivity index (χ0n) is 13.4. The van der Waals surface area contributed by atoms with Crippen LogP contribution in [0.25, 0.3) is 5.69 Å². The molecule has 3 nitrogen and oxygen atoms in total. The predicted molar refractivity (Wildman–Crippen MR) is 92.4 cm³/mol. The number of aromatic nitrogens is 1. The molecule has 0 aliphatic rings. The lowest BCUT2D eigenvalue weighted by Gasteiger charge is -2.15. The van der Waals surface area contributed by atoms with Crippen molar-refractivity contribution in [3.63, 3.8) is 0 Å². The highest BCUT2D eigenvalue weighted by molar-refractivity contribution is 5.78. The Morgan fingerprint density at radius 1 is 1.04 bits per heavy atom. The van der Waals surface area contributed by atoms with Gasteiger partial charge in [0.2, 0.25) is 5.91 Å². The fourth-order valence-corrected chi connectivity index (χ4v) is 2.70. The van der Waals surface area contributed by atoms with E-state index < -0.39 is 0 Å². The smallest absolute Gasteiger partial charge is 0.226 e. The van der Waals surface area contributed by atoms with Gasteiger partial charge in [-0.25, -0.2) is 4.39 Å². The topological polar surface area (TPSA) is 34.0 Å². The van der Waals surface area contributed by atoms with Gasteiger partial charge in [0.25, 0.3) is 0 Å². The number of benzene rings is 2. The maximum absolute atomic E-state index is 13.1. The lowest BCUT2D eigenvalue weighted by molar-refractivity contribution is -0.121. The lowest BCUT2D eigenvalue weighted by Crippen LogP contribution is -2.28. The average molecular weight is 322 g/mol. The number of rotatable bonds is 5. The van der Waals surface area contributed by atoms with E-state index >= 15 is 0 Å². The number of nitrogens with zero attached hydrogens (tertiary/aromatic N) is 1. The molecule has 3 rings (SSSR count). The fraction of sp³-hybridized carbons (Fsp3) is 0.150. The Labute approximate surface area is 140 Å². The quantitative estimate of drug-likeness (QED) is 0.756. The third kappa shape index (κ3) is 3.71. The van der Waals surface area contributed by atoms with Crippen molar-refractivity contribution in [3.8, 4) is 5.69 Å². The van der Waals surface area contributed by atoms with Crippen LogP contribution in [0.1, 0.15) is 24.2 Å². The second-order valence-corrected chi connectivity index (χ2v) is 5.72. The first-order valence-electron chi connectivity index (χ1n) is 7.90. The minimum atomic E-state index is -0.276. The Morgan fingerprint density at radius 2 is 1.75 bits per heavy atom. The van der Waals surface area contributed by atoms with E-state index in [1.165, 1.54) is 12.1 Å².